The lowest BCUT2D eigenvalue weighted by Gasteiger charge is -2.28. The minimum Gasteiger partial charge on any atom is -0.485 e. The summed E-state index contributed by atoms with van der Waals surface area (Å²) in [6.45, 7) is 5.58. The highest BCUT2D eigenvalue weighted by atomic mass is 16.5. The van der Waals surface area contributed by atoms with Gasteiger partial charge in [0, 0.05) is 24.3 Å². The van der Waals surface area contributed by atoms with E-state index in [-0.39, 0.29) is 5.78 Å². The summed E-state index contributed by atoms with van der Waals surface area (Å²) in [5.41, 5.74) is 2.84. The Hall–Kier alpha value is -3.31. The molecule has 0 aliphatic carbocycles. The van der Waals surface area contributed by atoms with Crippen LogP contribution in [0, 0.1) is 6.92 Å². The first-order chi connectivity index (χ1) is 14.7. The summed E-state index contributed by atoms with van der Waals surface area (Å²) >= 11 is 0. The normalized spacial score (nSPS) is 14.2. The predicted molar refractivity (Wildman–Crippen MR) is 117 cm³/mol. The molecule has 30 heavy (non-hydrogen) atoms. The number of anilines is 1. The van der Waals surface area contributed by atoms with E-state index in [4.69, 9.17) is 13.9 Å². The molecule has 4 rings (SSSR count). The minimum absolute atomic E-state index is 0.0577. The van der Waals surface area contributed by atoms with Crippen LogP contribution in [0.5, 0.6) is 5.75 Å². The number of nitrogens with zero attached hydrogens (tertiary/aromatic N) is 1. The summed E-state index contributed by atoms with van der Waals surface area (Å²) in [7, 11) is 0. The number of ether oxygens (including phenoxy) is 2. The number of rotatable bonds is 7. The Morgan fingerprint density at radius 1 is 1.03 bits per heavy atom. The second kappa shape index (κ2) is 9.46. The first-order valence-electron chi connectivity index (χ1n) is 10.1. The van der Waals surface area contributed by atoms with Crippen LogP contribution in [0.3, 0.4) is 0 Å². The van der Waals surface area contributed by atoms with Crippen LogP contribution in [0.25, 0.3) is 6.08 Å². The molecule has 5 heteroatoms. The van der Waals surface area contributed by atoms with Crippen LogP contribution >= 0.6 is 0 Å². The molecule has 0 radical (unpaired) electrons. The van der Waals surface area contributed by atoms with Gasteiger partial charge in [0.1, 0.15) is 23.9 Å². The molecule has 5 nitrogen and oxygen atoms in total. The summed E-state index contributed by atoms with van der Waals surface area (Å²) < 4.78 is 16.9. The molecule has 0 atom stereocenters. The summed E-state index contributed by atoms with van der Waals surface area (Å²) in [5, 5.41) is 0. The summed E-state index contributed by atoms with van der Waals surface area (Å²) in [6, 6.07) is 19.2. The van der Waals surface area contributed by atoms with Gasteiger partial charge >= 0.3 is 0 Å². The zero-order valence-corrected chi connectivity index (χ0v) is 17.0. The summed E-state index contributed by atoms with van der Waals surface area (Å²) in [4.78, 5) is 14.7. The zero-order chi connectivity index (χ0) is 20.8. The lowest BCUT2D eigenvalue weighted by molar-refractivity contribution is 0.104. The third-order valence-electron chi connectivity index (χ3n) is 5.07. The van der Waals surface area contributed by atoms with Gasteiger partial charge in [0.05, 0.1) is 13.2 Å². The van der Waals surface area contributed by atoms with Crippen molar-refractivity contribution in [2.45, 2.75) is 13.5 Å². The highest BCUT2D eigenvalue weighted by Gasteiger charge is 2.11. The Morgan fingerprint density at radius 2 is 1.80 bits per heavy atom. The topological polar surface area (TPSA) is 51.9 Å². The van der Waals surface area contributed by atoms with E-state index in [1.165, 1.54) is 6.08 Å². The number of furan rings is 1. The third kappa shape index (κ3) is 4.99. The Kier molecular flexibility index (Phi) is 6.30. The lowest BCUT2D eigenvalue weighted by Crippen LogP contribution is -2.36. The van der Waals surface area contributed by atoms with Crippen LogP contribution in [-0.4, -0.2) is 32.1 Å². The van der Waals surface area contributed by atoms with E-state index in [0.717, 1.165) is 43.3 Å². The van der Waals surface area contributed by atoms with E-state index >= 15 is 0 Å². The van der Waals surface area contributed by atoms with Crippen molar-refractivity contribution in [3.63, 3.8) is 0 Å². The van der Waals surface area contributed by atoms with Gasteiger partial charge in [0.2, 0.25) is 0 Å². The fraction of sp³-hybridized carbons (Fsp3) is 0.240. The van der Waals surface area contributed by atoms with Gasteiger partial charge in [-0.3, -0.25) is 4.79 Å². The fourth-order valence-electron chi connectivity index (χ4n) is 3.34. The SMILES string of the molecule is Cc1ccccc1OCc1ccc(/C=C/C(=O)c2ccc(N3CCOCC3)cc2)o1. The van der Waals surface area contributed by atoms with Crippen LogP contribution in [0.4, 0.5) is 5.69 Å². The highest BCUT2D eigenvalue weighted by molar-refractivity contribution is 6.06. The van der Waals surface area contributed by atoms with Gasteiger partial charge in [0.25, 0.3) is 0 Å². The molecule has 2 heterocycles. The molecule has 1 fully saturated rings. The molecule has 1 saturated heterocycles. The number of hydrogen-bond acceptors (Lipinski definition) is 5. The van der Waals surface area contributed by atoms with Crippen molar-refractivity contribution >= 4 is 17.5 Å². The molecule has 3 aromatic rings. The molecule has 0 bridgehead atoms. The Morgan fingerprint density at radius 3 is 2.57 bits per heavy atom. The number of benzene rings is 2. The van der Waals surface area contributed by atoms with Crippen molar-refractivity contribution in [3.05, 3.63) is 89.4 Å². The number of carbonyl (C=O) groups excluding carboxylic acids is 1. The first-order valence-corrected chi connectivity index (χ1v) is 10.1. The molecule has 1 aliphatic heterocycles. The van der Waals surface area contributed by atoms with E-state index in [1.54, 1.807) is 6.08 Å². The summed E-state index contributed by atoms with van der Waals surface area (Å²) in [6.07, 6.45) is 3.23. The standard InChI is InChI=1S/C25H25NO4/c1-19-4-2-3-5-25(19)29-18-23-11-10-22(30-23)12-13-24(27)20-6-8-21(9-7-20)26-14-16-28-17-15-26/h2-13H,14-18H2,1H3/b13-12+. The third-order valence-corrected chi connectivity index (χ3v) is 5.07. The Bertz CT molecular complexity index is 1010. The van der Waals surface area contributed by atoms with Crippen molar-refractivity contribution in [3.8, 4) is 5.75 Å². The lowest BCUT2D eigenvalue weighted by atomic mass is 10.1. The first kappa shape index (κ1) is 20.0. The molecule has 0 saturated carbocycles. The van der Waals surface area contributed by atoms with Gasteiger partial charge in [-0.15, -0.1) is 0 Å². The molecule has 0 spiro atoms. The number of morpholine rings is 1. The van der Waals surface area contributed by atoms with Gasteiger partial charge in [-0.05, 0) is 67.1 Å². The number of ketones is 1. The average Bonchev–Trinajstić information content (AvgIpc) is 3.25. The monoisotopic (exact) mass is 403 g/mol. The van der Waals surface area contributed by atoms with E-state index in [2.05, 4.69) is 4.90 Å². The van der Waals surface area contributed by atoms with Crippen LogP contribution in [0.1, 0.15) is 27.4 Å². The maximum Gasteiger partial charge on any atom is 0.185 e. The average molecular weight is 403 g/mol. The summed E-state index contributed by atoms with van der Waals surface area (Å²) in [5.74, 6) is 2.11. The number of para-hydroxylation sites is 1. The van der Waals surface area contributed by atoms with Crippen molar-refractivity contribution in [1.29, 1.82) is 0 Å². The van der Waals surface area contributed by atoms with Gasteiger partial charge in [-0.2, -0.15) is 0 Å². The maximum absolute atomic E-state index is 12.5. The van der Waals surface area contributed by atoms with Crippen molar-refractivity contribution in [1.82, 2.24) is 0 Å². The van der Waals surface area contributed by atoms with E-state index in [0.29, 0.717) is 23.7 Å². The number of allylic oxidation sites excluding steroid dienone is 1. The largest absolute Gasteiger partial charge is 0.485 e. The smallest absolute Gasteiger partial charge is 0.185 e. The van der Waals surface area contributed by atoms with E-state index in [9.17, 15) is 4.79 Å². The number of hydrogen-bond donors (Lipinski definition) is 0. The molecular weight excluding hydrogens is 378 g/mol. The number of aryl methyl sites for hydroxylation is 1. The van der Waals surface area contributed by atoms with Crippen LogP contribution in [0.15, 0.2) is 71.2 Å². The zero-order valence-electron chi connectivity index (χ0n) is 17.0. The molecule has 0 N–H and O–H groups in total. The second-order valence-corrected chi connectivity index (χ2v) is 7.20. The predicted octanol–water partition coefficient (Wildman–Crippen LogP) is 4.90. The minimum atomic E-state index is -0.0577. The van der Waals surface area contributed by atoms with E-state index in [1.807, 2.05) is 67.6 Å². The quantitative estimate of drug-likeness (QED) is 0.415. The van der Waals surface area contributed by atoms with Gasteiger partial charge in [-0.25, -0.2) is 0 Å². The Balaban J connectivity index is 1.33. The van der Waals surface area contributed by atoms with Crippen molar-refractivity contribution in [2.75, 3.05) is 31.2 Å². The fourth-order valence-corrected chi connectivity index (χ4v) is 3.34. The van der Waals surface area contributed by atoms with Crippen molar-refractivity contribution < 1.29 is 18.7 Å². The second-order valence-electron chi connectivity index (χ2n) is 7.20. The molecular formula is C25H25NO4. The van der Waals surface area contributed by atoms with Crippen molar-refractivity contribution in [2.24, 2.45) is 0 Å². The Labute approximate surface area is 176 Å². The van der Waals surface area contributed by atoms with Gasteiger partial charge in [0.15, 0.2) is 5.78 Å². The molecule has 1 aliphatic rings. The molecule has 0 amide bonds. The van der Waals surface area contributed by atoms with Gasteiger partial charge < -0.3 is 18.8 Å². The molecule has 0 unspecified atom stereocenters. The van der Waals surface area contributed by atoms with Gasteiger partial charge in [-0.1, -0.05) is 18.2 Å². The van der Waals surface area contributed by atoms with Crippen LogP contribution in [0.2, 0.25) is 0 Å². The number of carbonyl (C=O) groups is 1. The molecule has 1 aromatic heterocycles. The van der Waals surface area contributed by atoms with Crippen LogP contribution in [-0.2, 0) is 11.3 Å². The van der Waals surface area contributed by atoms with E-state index < -0.39 is 0 Å². The molecule has 154 valence electrons. The highest BCUT2D eigenvalue weighted by Crippen LogP contribution is 2.20. The molecule has 2 aromatic carbocycles. The van der Waals surface area contributed by atoms with Crippen LogP contribution < -0.4 is 9.64 Å². The maximum atomic E-state index is 12.5.